The van der Waals surface area contributed by atoms with E-state index in [9.17, 15) is 0 Å². The van der Waals surface area contributed by atoms with Crippen molar-refractivity contribution in [3.8, 4) is 5.75 Å². The van der Waals surface area contributed by atoms with Gasteiger partial charge >= 0.3 is 0 Å². The lowest BCUT2D eigenvalue weighted by Crippen LogP contribution is -2.59. The van der Waals surface area contributed by atoms with E-state index in [1.165, 1.54) is 19.3 Å². The van der Waals surface area contributed by atoms with Gasteiger partial charge in [-0.15, -0.1) is 0 Å². The molecule has 0 aromatic heterocycles. The van der Waals surface area contributed by atoms with Crippen LogP contribution in [0.3, 0.4) is 0 Å². The van der Waals surface area contributed by atoms with Crippen LogP contribution in [0, 0.1) is 10.8 Å². The Hall–Kier alpha value is -1.24. The fourth-order valence-corrected chi connectivity index (χ4v) is 3.55. The van der Waals surface area contributed by atoms with Crippen LogP contribution in [0.2, 0.25) is 0 Å². The molecular weight excluding hydrogens is 244 g/mol. The Labute approximate surface area is 124 Å². The van der Waals surface area contributed by atoms with E-state index in [-0.39, 0.29) is 16.4 Å². The molecular formula is C19H28O. The summed E-state index contributed by atoms with van der Waals surface area (Å²) < 4.78 is 6.54. The summed E-state index contributed by atoms with van der Waals surface area (Å²) >= 11 is 0. The fraction of sp³-hybridized carbons (Fsp3) is 0.579. The number of benzene rings is 1. The molecule has 1 saturated carbocycles. The predicted octanol–water partition coefficient (Wildman–Crippen LogP) is 5.70. The summed E-state index contributed by atoms with van der Waals surface area (Å²) in [5.74, 6) is 0.959. The van der Waals surface area contributed by atoms with Gasteiger partial charge < -0.3 is 4.74 Å². The SMILES string of the molecule is C=Cc1ccc(OC2(C)C(C)(C)CCCC2(C)C)cc1. The maximum atomic E-state index is 6.54. The molecule has 20 heavy (non-hydrogen) atoms. The van der Waals surface area contributed by atoms with Gasteiger partial charge in [0.1, 0.15) is 11.4 Å². The summed E-state index contributed by atoms with van der Waals surface area (Å²) in [5, 5.41) is 0. The van der Waals surface area contributed by atoms with Crippen molar-refractivity contribution in [2.75, 3.05) is 0 Å². The van der Waals surface area contributed by atoms with Crippen LogP contribution in [0.5, 0.6) is 5.75 Å². The maximum Gasteiger partial charge on any atom is 0.120 e. The third kappa shape index (κ3) is 2.39. The summed E-state index contributed by atoms with van der Waals surface area (Å²) in [5.41, 5.74) is 1.32. The lowest BCUT2D eigenvalue weighted by Gasteiger charge is -2.57. The van der Waals surface area contributed by atoms with Crippen molar-refractivity contribution in [2.45, 2.75) is 59.5 Å². The molecule has 0 N–H and O–H groups in total. The van der Waals surface area contributed by atoms with Gasteiger partial charge in [-0.3, -0.25) is 0 Å². The first-order valence-corrected chi connectivity index (χ1v) is 7.63. The van der Waals surface area contributed by atoms with Crippen LogP contribution >= 0.6 is 0 Å². The minimum atomic E-state index is -0.159. The topological polar surface area (TPSA) is 9.23 Å². The molecule has 110 valence electrons. The second kappa shape index (κ2) is 4.95. The van der Waals surface area contributed by atoms with Gasteiger partial charge in [-0.25, -0.2) is 0 Å². The minimum absolute atomic E-state index is 0.159. The van der Waals surface area contributed by atoms with Crippen molar-refractivity contribution in [3.63, 3.8) is 0 Å². The van der Waals surface area contributed by atoms with Crippen LogP contribution in [0.1, 0.15) is 59.4 Å². The Morgan fingerprint density at radius 3 is 1.90 bits per heavy atom. The molecule has 0 amide bonds. The molecule has 1 fully saturated rings. The summed E-state index contributed by atoms with van der Waals surface area (Å²) in [6.07, 6.45) is 5.59. The largest absolute Gasteiger partial charge is 0.486 e. The maximum absolute atomic E-state index is 6.54. The molecule has 1 aliphatic rings. The normalized spacial score (nSPS) is 23.1. The highest BCUT2D eigenvalue weighted by atomic mass is 16.5. The number of hydrogen-bond acceptors (Lipinski definition) is 1. The van der Waals surface area contributed by atoms with Crippen LogP contribution < -0.4 is 4.74 Å². The summed E-state index contributed by atoms with van der Waals surface area (Å²) in [7, 11) is 0. The number of hydrogen-bond donors (Lipinski definition) is 0. The predicted molar refractivity (Wildman–Crippen MR) is 87.0 cm³/mol. The number of ether oxygens (including phenoxy) is 1. The average Bonchev–Trinajstić information content (AvgIpc) is 2.37. The summed E-state index contributed by atoms with van der Waals surface area (Å²) in [6.45, 7) is 15.4. The van der Waals surface area contributed by atoms with Crippen molar-refractivity contribution >= 4 is 6.08 Å². The molecule has 1 aromatic rings. The molecule has 2 rings (SSSR count). The highest BCUT2D eigenvalue weighted by molar-refractivity contribution is 5.48. The summed E-state index contributed by atoms with van der Waals surface area (Å²) in [4.78, 5) is 0. The smallest absolute Gasteiger partial charge is 0.120 e. The first kappa shape index (κ1) is 15.2. The molecule has 0 bridgehead atoms. The Morgan fingerprint density at radius 1 is 0.950 bits per heavy atom. The Bertz CT molecular complexity index is 463. The van der Waals surface area contributed by atoms with Gasteiger partial charge in [0, 0.05) is 10.8 Å². The van der Waals surface area contributed by atoms with Crippen LogP contribution in [-0.2, 0) is 0 Å². The Kier molecular flexibility index (Phi) is 3.75. The standard InChI is InChI=1S/C19H28O/c1-7-15-9-11-16(12-10-15)20-19(6)17(2,3)13-8-14-18(19,4)5/h7,9-12H,1,8,13-14H2,2-6H3. The van der Waals surface area contributed by atoms with Gasteiger partial charge in [-0.1, -0.05) is 58.9 Å². The van der Waals surface area contributed by atoms with Gasteiger partial charge in [-0.2, -0.15) is 0 Å². The van der Waals surface area contributed by atoms with E-state index in [1.807, 2.05) is 6.08 Å². The van der Waals surface area contributed by atoms with E-state index in [4.69, 9.17) is 4.74 Å². The van der Waals surface area contributed by atoms with E-state index in [0.29, 0.717) is 0 Å². The van der Waals surface area contributed by atoms with Gasteiger partial charge in [0.05, 0.1) is 0 Å². The van der Waals surface area contributed by atoms with E-state index < -0.39 is 0 Å². The monoisotopic (exact) mass is 272 g/mol. The molecule has 0 spiro atoms. The number of rotatable bonds is 3. The van der Waals surface area contributed by atoms with Crippen LogP contribution in [0.25, 0.3) is 6.08 Å². The van der Waals surface area contributed by atoms with Crippen molar-refractivity contribution in [1.82, 2.24) is 0 Å². The van der Waals surface area contributed by atoms with E-state index in [1.54, 1.807) is 0 Å². The minimum Gasteiger partial charge on any atom is -0.486 e. The van der Waals surface area contributed by atoms with Crippen LogP contribution in [0.4, 0.5) is 0 Å². The molecule has 1 nitrogen and oxygen atoms in total. The first-order valence-electron chi connectivity index (χ1n) is 7.63. The van der Waals surface area contributed by atoms with Gasteiger partial charge in [0.25, 0.3) is 0 Å². The van der Waals surface area contributed by atoms with Crippen LogP contribution in [0.15, 0.2) is 30.8 Å². The van der Waals surface area contributed by atoms with E-state index in [0.717, 1.165) is 11.3 Å². The molecule has 1 aromatic carbocycles. The molecule has 0 radical (unpaired) electrons. The third-order valence-corrected chi connectivity index (χ3v) is 5.62. The zero-order valence-corrected chi connectivity index (χ0v) is 13.6. The fourth-order valence-electron chi connectivity index (χ4n) is 3.55. The van der Waals surface area contributed by atoms with Gasteiger partial charge in [-0.05, 0) is 37.5 Å². The van der Waals surface area contributed by atoms with Crippen molar-refractivity contribution < 1.29 is 4.74 Å². The van der Waals surface area contributed by atoms with Gasteiger partial charge in [0.15, 0.2) is 0 Å². The average molecular weight is 272 g/mol. The molecule has 0 heterocycles. The molecule has 0 aliphatic heterocycles. The lowest BCUT2D eigenvalue weighted by atomic mass is 9.54. The second-order valence-electron chi connectivity index (χ2n) is 7.53. The summed E-state index contributed by atoms with van der Waals surface area (Å²) in [6, 6.07) is 8.25. The van der Waals surface area contributed by atoms with E-state index >= 15 is 0 Å². The Balaban J connectivity index is 2.33. The lowest BCUT2D eigenvalue weighted by molar-refractivity contribution is -0.144. The zero-order valence-electron chi connectivity index (χ0n) is 13.6. The third-order valence-electron chi connectivity index (χ3n) is 5.62. The zero-order chi connectivity index (χ0) is 15.0. The van der Waals surface area contributed by atoms with Crippen molar-refractivity contribution in [3.05, 3.63) is 36.4 Å². The van der Waals surface area contributed by atoms with Crippen molar-refractivity contribution in [2.24, 2.45) is 10.8 Å². The highest BCUT2D eigenvalue weighted by Crippen LogP contribution is 2.55. The Morgan fingerprint density at radius 2 is 1.45 bits per heavy atom. The molecule has 0 atom stereocenters. The van der Waals surface area contributed by atoms with Crippen molar-refractivity contribution in [1.29, 1.82) is 0 Å². The highest BCUT2D eigenvalue weighted by Gasteiger charge is 2.55. The van der Waals surface area contributed by atoms with Crippen LogP contribution in [-0.4, -0.2) is 5.60 Å². The molecule has 0 saturated heterocycles. The molecule has 1 heteroatoms. The first-order chi connectivity index (χ1) is 9.22. The second-order valence-corrected chi connectivity index (χ2v) is 7.53. The van der Waals surface area contributed by atoms with Gasteiger partial charge in [0.2, 0.25) is 0 Å². The molecule has 1 aliphatic carbocycles. The molecule has 0 unspecified atom stereocenters. The quantitative estimate of drug-likeness (QED) is 0.685. The van der Waals surface area contributed by atoms with E-state index in [2.05, 4.69) is 65.5 Å².